The molecule has 2 unspecified atom stereocenters. The summed E-state index contributed by atoms with van der Waals surface area (Å²) in [5, 5.41) is 5.67. The van der Waals surface area contributed by atoms with E-state index in [1.165, 1.54) is 0 Å². The number of rotatable bonds is 8. The summed E-state index contributed by atoms with van der Waals surface area (Å²) in [6.07, 6.45) is 4.82. The number of nitrogens with zero attached hydrogens (tertiary/aromatic N) is 1. The molecule has 2 atom stereocenters. The Morgan fingerprint density at radius 2 is 2.10 bits per heavy atom. The number of ether oxygens (including phenoxy) is 1. The van der Waals surface area contributed by atoms with Gasteiger partial charge in [-0.15, -0.1) is 0 Å². The second-order valence-corrected chi connectivity index (χ2v) is 5.17. The highest BCUT2D eigenvalue weighted by atomic mass is 16.5. The van der Waals surface area contributed by atoms with E-state index in [1.54, 1.807) is 19.5 Å². The first-order valence-corrected chi connectivity index (χ1v) is 7.15. The van der Waals surface area contributed by atoms with Gasteiger partial charge in [0.25, 0.3) is 0 Å². The van der Waals surface area contributed by atoms with Crippen LogP contribution in [-0.2, 0) is 20.9 Å². The summed E-state index contributed by atoms with van der Waals surface area (Å²) in [5.41, 5.74) is 0.951. The molecule has 0 radical (unpaired) electrons. The van der Waals surface area contributed by atoms with Crippen molar-refractivity contribution in [2.24, 2.45) is 11.8 Å². The van der Waals surface area contributed by atoms with Crippen molar-refractivity contribution in [3.63, 3.8) is 0 Å². The molecule has 1 fully saturated rings. The smallest absolute Gasteiger partial charge is 0.224 e. The van der Waals surface area contributed by atoms with Crippen LogP contribution in [-0.4, -0.2) is 37.1 Å². The Morgan fingerprint density at radius 1 is 1.33 bits per heavy atom. The van der Waals surface area contributed by atoms with Crippen LogP contribution in [0.4, 0.5) is 0 Å². The third kappa shape index (κ3) is 4.82. The molecule has 21 heavy (non-hydrogen) atoms. The average molecular weight is 291 g/mol. The minimum atomic E-state index is -0.191. The van der Waals surface area contributed by atoms with Crippen molar-refractivity contribution < 1.29 is 14.3 Å². The highest BCUT2D eigenvalue weighted by molar-refractivity contribution is 5.92. The molecule has 1 aromatic heterocycles. The van der Waals surface area contributed by atoms with Crippen molar-refractivity contribution in [1.82, 2.24) is 15.6 Å². The van der Waals surface area contributed by atoms with Gasteiger partial charge in [-0.3, -0.25) is 14.6 Å². The second-order valence-electron chi connectivity index (χ2n) is 5.17. The molecule has 6 nitrogen and oxygen atoms in total. The van der Waals surface area contributed by atoms with Crippen LogP contribution in [0.25, 0.3) is 0 Å². The van der Waals surface area contributed by atoms with Crippen LogP contribution in [0, 0.1) is 11.8 Å². The molecule has 1 aliphatic carbocycles. The van der Waals surface area contributed by atoms with Gasteiger partial charge >= 0.3 is 0 Å². The summed E-state index contributed by atoms with van der Waals surface area (Å²) in [5.74, 6) is -0.464. The number of pyridine rings is 1. The van der Waals surface area contributed by atoms with Gasteiger partial charge < -0.3 is 15.4 Å². The second kappa shape index (κ2) is 7.73. The molecule has 0 spiro atoms. The van der Waals surface area contributed by atoms with Crippen molar-refractivity contribution in [1.29, 1.82) is 0 Å². The third-order valence-electron chi connectivity index (χ3n) is 3.48. The number of amides is 2. The number of carbonyl (C=O) groups excluding carboxylic acids is 2. The third-order valence-corrected chi connectivity index (χ3v) is 3.48. The highest BCUT2D eigenvalue weighted by Gasteiger charge is 2.47. The Kier molecular flexibility index (Phi) is 5.68. The first-order chi connectivity index (χ1) is 10.2. The lowest BCUT2D eigenvalue weighted by Gasteiger charge is -2.06. The lowest BCUT2D eigenvalue weighted by Crippen LogP contribution is -2.30. The van der Waals surface area contributed by atoms with Crippen LogP contribution >= 0.6 is 0 Å². The van der Waals surface area contributed by atoms with Gasteiger partial charge in [0.05, 0.1) is 11.8 Å². The Morgan fingerprint density at radius 3 is 2.76 bits per heavy atom. The first kappa shape index (κ1) is 15.4. The largest absolute Gasteiger partial charge is 0.385 e. The minimum Gasteiger partial charge on any atom is -0.385 e. The molecule has 0 saturated heterocycles. The van der Waals surface area contributed by atoms with Gasteiger partial charge in [0.15, 0.2) is 0 Å². The van der Waals surface area contributed by atoms with Crippen LogP contribution in [0.5, 0.6) is 0 Å². The average Bonchev–Trinajstić information content (AvgIpc) is 3.31. The highest BCUT2D eigenvalue weighted by Crippen LogP contribution is 2.38. The fourth-order valence-corrected chi connectivity index (χ4v) is 2.16. The maximum Gasteiger partial charge on any atom is 0.224 e. The lowest BCUT2D eigenvalue weighted by molar-refractivity contribution is -0.127. The molecule has 1 saturated carbocycles. The topological polar surface area (TPSA) is 80.3 Å². The van der Waals surface area contributed by atoms with Crippen LogP contribution in [0.3, 0.4) is 0 Å². The minimum absolute atomic E-state index is 0.0346. The van der Waals surface area contributed by atoms with Gasteiger partial charge in [-0.25, -0.2) is 0 Å². The Bertz CT molecular complexity index is 478. The zero-order chi connectivity index (χ0) is 15.1. The summed E-state index contributed by atoms with van der Waals surface area (Å²) in [6, 6.07) is 3.73. The number of nitrogens with one attached hydrogen (secondary N) is 2. The van der Waals surface area contributed by atoms with Gasteiger partial charge in [-0.1, -0.05) is 6.07 Å². The molecule has 0 aromatic carbocycles. The molecule has 0 aliphatic heterocycles. The van der Waals surface area contributed by atoms with E-state index >= 15 is 0 Å². The Labute approximate surface area is 124 Å². The summed E-state index contributed by atoms with van der Waals surface area (Å²) in [6.45, 7) is 1.67. The van der Waals surface area contributed by atoms with Crippen LogP contribution < -0.4 is 10.6 Å². The molecule has 2 N–H and O–H groups in total. The van der Waals surface area contributed by atoms with Crippen molar-refractivity contribution >= 4 is 11.8 Å². The van der Waals surface area contributed by atoms with Gasteiger partial charge in [0.1, 0.15) is 0 Å². The van der Waals surface area contributed by atoms with Crippen molar-refractivity contribution in [2.75, 3.05) is 20.3 Å². The number of hydrogen-bond acceptors (Lipinski definition) is 4. The summed E-state index contributed by atoms with van der Waals surface area (Å²) in [4.78, 5) is 27.7. The lowest BCUT2D eigenvalue weighted by atomic mass is 10.2. The van der Waals surface area contributed by atoms with Crippen LogP contribution in [0.15, 0.2) is 24.5 Å². The van der Waals surface area contributed by atoms with E-state index in [1.807, 2.05) is 12.1 Å². The molecule has 0 bridgehead atoms. The molecule has 1 aromatic rings. The molecular formula is C15H21N3O3. The van der Waals surface area contributed by atoms with Gasteiger partial charge in [0, 0.05) is 39.2 Å². The zero-order valence-corrected chi connectivity index (χ0v) is 12.2. The fraction of sp³-hybridized carbons (Fsp3) is 0.533. The van der Waals surface area contributed by atoms with E-state index in [0.29, 0.717) is 26.1 Å². The van der Waals surface area contributed by atoms with E-state index in [-0.39, 0.29) is 23.7 Å². The number of carbonyl (C=O) groups is 2. The normalized spacial score (nSPS) is 19.9. The summed E-state index contributed by atoms with van der Waals surface area (Å²) >= 11 is 0. The molecule has 2 rings (SSSR count). The van der Waals surface area contributed by atoms with Crippen molar-refractivity contribution in [3.05, 3.63) is 30.1 Å². The predicted molar refractivity (Wildman–Crippen MR) is 77.2 cm³/mol. The van der Waals surface area contributed by atoms with E-state index < -0.39 is 0 Å². The number of aromatic nitrogens is 1. The number of methoxy groups -OCH3 is 1. The molecule has 2 amide bonds. The summed E-state index contributed by atoms with van der Waals surface area (Å²) in [7, 11) is 1.63. The van der Waals surface area contributed by atoms with E-state index in [9.17, 15) is 9.59 Å². The van der Waals surface area contributed by atoms with E-state index in [4.69, 9.17) is 4.74 Å². The molecule has 114 valence electrons. The SMILES string of the molecule is COCCCNC(=O)C1CC1C(=O)NCc1cccnc1. The quantitative estimate of drug-likeness (QED) is 0.683. The van der Waals surface area contributed by atoms with Crippen molar-refractivity contribution in [2.45, 2.75) is 19.4 Å². The standard InChI is InChI=1S/C15H21N3O3/c1-21-7-3-6-17-14(19)12-8-13(12)15(20)18-10-11-4-2-5-16-9-11/h2,4-5,9,12-13H,3,6-8,10H2,1H3,(H,17,19)(H,18,20). The molecule has 1 aliphatic rings. The van der Waals surface area contributed by atoms with Crippen molar-refractivity contribution in [3.8, 4) is 0 Å². The molecule has 6 heteroatoms. The van der Waals surface area contributed by atoms with E-state index in [2.05, 4.69) is 15.6 Å². The molecular weight excluding hydrogens is 270 g/mol. The monoisotopic (exact) mass is 291 g/mol. The van der Waals surface area contributed by atoms with Gasteiger partial charge in [-0.2, -0.15) is 0 Å². The number of hydrogen-bond donors (Lipinski definition) is 2. The molecule has 1 heterocycles. The Balaban J connectivity index is 1.65. The predicted octanol–water partition coefficient (Wildman–Crippen LogP) is 0.487. The van der Waals surface area contributed by atoms with Gasteiger partial charge in [-0.05, 0) is 24.5 Å². The maximum atomic E-state index is 11.9. The first-order valence-electron chi connectivity index (χ1n) is 7.15. The van der Waals surface area contributed by atoms with Gasteiger partial charge in [0.2, 0.25) is 11.8 Å². The van der Waals surface area contributed by atoms with Crippen LogP contribution in [0.2, 0.25) is 0 Å². The van der Waals surface area contributed by atoms with Crippen LogP contribution in [0.1, 0.15) is 18.4 Å². The maximum absolute atomic E-state index is 11.9. The zero-order valence-electron chi connectivity index (χ0n) is 12.2. The van der Waals surface area contributed by atoms with E-state index in [0.717, 1.165) is 12.0 Å². The Hall–Kier alpha value is -1.95. The summed E-state index contributed by atoms with van der Waals surface area (Å²) < 4.78 is 4.91. The fourth-order valence-electron chi connectivity index (χ4n) is 2.16.